The number of nitrogens with zero attached hydrogens (tertiary/aromatic N) is 2. The molecular formula is C17H22N2O2. The lowest BCUT2D eigenvalue weighted by Crippen LogP contribution is -2.33. The van der Waals surface area contributed by atoms with Gasteiger partial charge in [-0.2, -0.15) is 0 Å². The van der Waals surface area contributed by atoms with E-state index in [-0.39, 0.29) is 11.5 Å². The number of rotatable bonds is 5. The lowest BCUT2D eigenvalue weighted by atomic mass is 10.1. The summed E-state index contributed by atoms with van der Waals surface area (Å²) in [5.41, 5.74) is 0.536. The molecule has 112 valence electrons. The molecule has 1 amide bonds. The normalized spacial score (nSPS) is 10.8. The Morgan fingerprint density at radius 2 is 1.67 bits per heavy atom. The van der Waals surface area contributed by atoms with E-state index in [9.17, 15) is 9.59 Å². The molecular weight excluding hydrogens is 264 g/mol. The Hall–Kier alpha value is -2.10. The van der Waals surface area contributed by atoms with Crippen molar-refractivity contribution in [3.63, 3.8) is 0 Å². The van der Waals surface area contributed by atoms with Gasteiger partial charge >= 0.3 is 0 Å². The van der Waals surface area contributed by atoms with Crippen molar-refractivity contribution in [2.75, 3.05) is 13.1 Å². The fraction of sp³-hybridized carbons (Fsp3) is 0.412. The van der Waals surface area contributed by atoms with E-state index in [4.69, 9.17) is 0 Å². The average molecular weight is 286 g/mol. The molecule has 2 aromatic rings. The van der Waals surface area contributed by atoms with Gasteiger partial charge < -0.3 is 9.47 Å². The molecule has 2 rings (SSSR count). The van der Waals surface area contributed by atoms with Crippen LogP contribution in [0.3, 0.4) is 0 Å². The zero-order chi connectivity index (χ0) is 15.4. The van der Waals surface area contributed by atoms with Crippen LogP contribution < -0.4 is 5.56 Å². The van der Waals surface area contributed by atoms with Gasteiger partial charge in [-0.05, 0) is 18.9 Å². The lowest BCUT2D eigenvalue weighted by molar-refractivity contribution is 0.0756. The fourth-order valence-corrected chi connectivity index (χ4v) is 2.61. The third-order valence-electron chi connectivity index (χ3n) is 3.60. The number of carbonyl (C=O) groups is 1. The van der Waals surface area contributed by atoms with Crippen LogP contribution in [0.1, 0.15) is 37.0 Å². The highest BCUT2D eigenvalue weighted by molar-refractivity contribution is 6.06. The maximum absolute atomic E-state index is 12.8. The van der Waals surface area contributed by atoms with Crippen molar-refractivity contribution in [1.82, 2.24) is 9.47 Å². The molecule has 0 fully saturated rings. The molecule has 4 heteroatoms. The van der Waals surface area contributed by atoms with E-state index in [1.54, 1.807) is 19.3 Å². The third-order valence-corrected chi connectivity index (χ3v) is 3.60. The largest absolute Gasteiger partial charge is 0.339 e. The lowest BCUT2D eigenvalue weighted by Gasteiger charge is -2.22. The van der Waals surface area contributed by atoms with E-state index >= 15 is 0 Å². The summed E-state index contributed by atoms with van der Waals surface area (Å²) in [6.45, 7) is 5.61. The van der Waals surface area contributed by atoms with Crippen molar-refractivity contribution in [1.29, 1.82) is 0 Å². The first-order valence-electron chi connectivity index (χ1n) is 7.47. The highest BCUT2D eigenvalue weighted by atomic mass is 16.2. The first-order chi connectivity index (χ1) is 10.1. The average Bonchev–Trinajstić information content (AvgIpc) is 2.50. The number of amides is 1. The van der Waals surface area contributed by atoms with E-state index in [1.807, 2.05) is 23.1 Å². The van der Waals surface area contributed by atoms with Crippen molar-refractivity contribution in [2.45, 2.75) is 26.7 Å². The van der Waals surface area contributed by atoms with Crippen LogP contribution in [0.15, 0.2) is 35.3 Å². The van der Waals surface area contributed by atoms with Crippen molar-refractivity contribution >= 4 is 16.7 Å². The van der Waals surface area contributed by atoms with Crippen molar-refractivity contribution in [3.05, 3.63) is 46.4 Å². The van der Waals surface area contributed by atoms with E-state index in [2.05, 4.69) is 13.8 Å². The quantitative estimate of drug-likeness (QED) is 0.848. The van der Waals surface area contributed by atoms with Crippen LogP contribution in [0, 0.1) is 0 Å². The summed E-state index contributed by atoms with van der Waals surface area (Å²) in [6, 6.07) is 7.31. The van der Waals surface area contributed by atoms with Crippen LogP contribution in [-0.2, 0) is 7.05 Å². The number of aryl methyl sites for hydroxylation is 1. The standard InChI is InChI=1S/C17H22N2O2/c1-4-10-19(11-5-2)17(21)15-12-18(3)16(20)14-9-7-6-8-13(14)15/h6-9,12H,4-5,10-11H2,1-3H3. The summed E-state index contributed by atoms with van der Waals surface area (Å²) in [5, 5.41) is 1.33. The van der Waals surface area contributed by atoms with E-state index in [0.29, 0.717) is 10.9 Å². The maximum atomic E-state index is 12.8. The number of aromatic nitrogens is 1. The van der Waals surface area contributed by atoms with Gasteiger partial charge in [0.15, 0.2) is 0 Å². The molecule has 0 radical (unpaired) electrons. The number of hydrogen-bond donors (Lipinski definition) is 0. The number of fused-ring (bicyclic) bond motifs is 1. The van der Waals surface area contributed by atoms with E-state index in [0.717, 1.165) is 31.3 Å². The third kappa shape index (κ3) is 2.99. The summed E-state index contributed by atoms with van der Waals surface area (Å²) in [5.74, 6) is 0.00509. The molecule has 0 spiro atoms. The summed E-state index contributed by atoms with van der Waals surface area (Å²) in [6.07, 6.45) is 3.51. The number of hydrogen-bond acceptors (Lipinski definition) is 2. The van der Waals surface area contributed by atoms with E-state index < -0.39 is 0 Å². The Balaban J connectivity index is 2.57. The molecule has 1 heterocycles. The summed E-state index contributed by atoms with van der Waals surface area (Å²) >= 11 is 0. The second-order valence-electron chi connectivity index (χ2n) is 5.30. The Kier molecular flexibility index (Phi) is 4.78. The minimum absolute atomic E-state index is 0.00509. The Morgan fingerprint density at radius 1 is 1.10 bits per heavy atom. The number of pyridine rings is 1. The van der Waals surface area contributed by atoms with E-state index in [1.165, 1.54) is 4.57 Å². The van der Waals surface area contributed by atoms with Crippen LogP contribution in [0.2, 0.25) is 0 Å². The predicted octanol–water partition coefficient (Wildman–Crippen LogP) is 2.80. The van der Waals surface area contributed by atoms with Gasteiger partial charge in [0, 0.05) is 37.1 Å². The van der Waals surface area contributed by atoms with Gasteiger partial charge in [0.25, 0.3) is 11.5 Å². The summed E-state index contributed by atoms with van der Waals surface area (Å²) in [7, 11) is 1.69. The molecule has 4 nitrogen and oxygen atoms in total. The van der Waals surface area contributed by atoms with Crippen LogP contribution in [0.4, 0.5) is 0 Å². The fourth-order valence-electron chi connectivity index (χ4n) is 2.61. The van der Waals surface area contributed by atoms with Gasteiger partial charge in [0.2, 0.25) is 0 Å². The molecule has 1 aromatic heterocycles. The number of carbonyl (C=O) groups excluding carboxylic acids is 1. The molecule has 0 saturated heterocycles. The summed E-state index contributed by atoms with van der Waals surface area (Å²) < 4.78 is 1.49. The topological polar surface area (TPSA) is 42.3 Å². The van der Waals surface area contributed by atoms with Gasteiger partial charge in [-0.25, -0.2) is 0 Å². The van der Waals surface area contributed by atoms with Crippen LogP contribution in [-0.4, -0.2) is 28.5 Å². The maximum Gasteiger partial charge on any atom is 0.258 e. The molecule has 0 atom stereocenters. The molecule has 0 aliphatic rings. The Bertz CT molecular complexity index is 697. The van der Waals surface area contributed by atoms with Crippen LogP contribution >= 0.6 is 0 Å². The Morgan fingerprint density at radius 3 is 2.24 bits per heavy atom. The zero-order valence-electron chi connectivity index (χ0n) is 12.9. The molecule has 0 aliphatic heterocycles. The van der Waals surface area contributed by atoms with Gasteiger partial charge in [-0.1, -0.05) is 32.0 Å². The van der Waals surface area contributed by atoms with Crippen molar-refractivity contribution < 1.29 is 4.79 Å². The molecule has 21 heavy (non-hydrogen) atoms. The van der Waals surface area contributed by atoms with Gasteiger partial charge in [0.1, 0.15) is 0 Å². The summed E-state index contributed by atoms with van der Waals surface area (Å²) in [4.78, 5) is 26.8. The van der Waals surface area contributed by atoms with Gasteiger partial charge in [0.05, 0.1) is 5.56 Å². The highest BCUT2D eigenvalue weighted by Gasteiger charge is 2.18. The van der Waals surface area contributed by atoms with Gasteiger partial charge in [-0.3, -0.25) is 9.59 Å². The monoisotopic (exact) mass is 286 g/mol. The zero-order valence-corrected chi connectivity index (χ0v) is 12.9. The second-order valence-corrected chi connectivity index (χ2v) is 5.30. The molecule has 0 saturated carbocycles. The number of benzene rings is 1. The van der Waals surface area contributed by atoms with Crippen LogP contribution in [0.25, 0.3) is 10.8 Å². The molecule has 0 aliphatic carbocycles. The molecule has 0 N–H and O–H groups in total. The molecule has 0 unspecified atom stereocenters. The SMILES string of the molecule is CCCN(CCC)C(=O)c1cn(C)c(=O)c2ccccc12. The first-order valence-corrected chi connectivity index (χ1v) is 7.47. The minimum atomic E-state index is -0.0697. The van der Waals surface area contributed by atoms with Crippen LogP contribution in [0.5, 0.6) is 0 Å². The minimum Gasteiger partial charge on any atom is -0.339 e. The molecule has 0 bridgehead atoms. The highest BCUT2D eigenvalue weighted by Crippen LogP contribution is 2.17. The second kappa shape index (κ2) is 6.57. The van der Waals surface area contributed by atoms with Crippen molar-refractivity contribution in [2.24, 2.45) is 7.05 Å². The smallest absolute Gasteiger partial charge is 0.258 e. The predicted molar refractivity (Wildman–Crippen MR) is 85.7 cm³/mol. The Labute approximate surface area is 125 Å². The molecule has 1 aromatic carbocycles. The van der Waals surface area contributed by atoms with Crippen molar-refractivity contribution in [3.8, 4) is 0 Å². The first kappa shape index (κ1) is 15.3. The van der Waals surface area contributed by atoms with Gasteiger partial charge in [-0.15, -0.1) is 0 Å².